The highest BCUT2D eigenvalue weighted by Gasteiger charge is 2.29. The summed E-state index contributed by atoms with van der Waals surface area (Å²) in [5, 5.41) is 2.97. The Labute approximate surface area is 166 Å². The van der Waals surface area contributed by atoms with Crippen molar-refractivity contribution in [3.05, 3.63) is 52.5 Å². The molecule has 2 aliphatic heterocycles. The summed E-state index contributed by atoms with van der Waals surface area (Å²) in [6.45, 7) is 4.14. The van der Waals surface area contributed by atoms with Crippen LogP contribution in [-0.4, -0.2) is 43.3 Å². The Kier molecular flexibility index (Phi) is 5.33. The molecule has 1 amide bonds. The van der Waals surface area contributed by atoms with Gasteiger partial charge in [0.2, 0.25) is 12.7 Å². The lowest BCUT2D eigenvalue weighted by atomic mass is 10.1. The van der Waals surface area contributed by atoms with Gasteiger partial charge in [-0.3, -0.25) is 9.69 Å². The molecule has 0 aromatic heterocycles. The fraction of sp³-hybridized carbons (Fsp3) is 0.350. The van der Waals surface area contributed by atoms with Gasteiger partial charge in [-0.25, -0.2) is 0 Å². The highest BCUT2D eigenvalue weighted by atomic mass is 79.9. The van der Waals surface area contributed by atoms with Crippen LogP contribution in [0.4, 0.5) is 5.69 Å². The number of carbonyl (C=O) groups excluding carboxylic acids is 1. The SMILES string of the molecule is CC(C(=O)Nc1ccc2c(c1)OCO2)N1CCOC(c2ccc(Br)cc2)C1. The van der Waals surface area contributed by atoms with E-state index in [4.69, 9.17) is 14.2 Å². The largest absolute Gasteiger partial charge is 0.454 e. The molecule has 2 aliphatic rings. The van der Waals surface area contributed by atoms with E-state index < -0.39 is 0 Å². The van der Waals surface area contributed by atoms with Crippen molar-refractivity contribution in [3.63, 3.8) is 0 Å². The predicted octanol–water partition coefficient (Wildman–Crippen LogP) is 3.58. The van der Waals surface area contributed by atoms with E-state index in [1.807, 2.05) is 25.1 Å². The maximum Gasteiger partial charge on any atom is 0.241 e. The van der Waals surface area contributed by atoms with Crippen LogP contribution in [0.15, 0.2) is 46.9 Å². The van der Waals surface area contributed by atoms with Gasteiger partial charge in [-0.15, -0.1) is 0 Å². The van der Waals surface area contributed by atoms with Crippen molar-refractivity contribution >= 4 is 27.5 Å². The smallest absolute Gasteiger partial charge is 0.241 e. The third kappa shape index (κ3) is 4.10. The quantitative estimate of drug-likeness (QED) is 0.799. The van der Waals surface area contributed by atoms with E-state index in [-0.39, 0.29) is 24.8 Å². The van der Waals surface area contributed by atoms with E-state index in [0.29, 0.717) is 30.3 Å². The van der Waals surface area contributed by atoms with E-state index in [1.165, 1.54) is 0 Å². The summed E-state index contributed by atoms with van der Waals surface area (Å²) in [4.78, 5) is 14.9. The van der Waals surface area contributed by atoms with Gasteiger partial charge in [0, 0.05) is 29.3 Å². The first-order valence-corrected chi connectivity index (χ1v) is 9.71. The minimum absolute atomic E-state index is 0.0346. The maximum atomic E-state index is 12.7. The number of benzene rings is 2. The zero-order valence-corrected chi connectivity index (χ0v) is 16.6. The van der Waals surface area contributed by atoms with Crippen LogP contribution in [0.1, 0.15) is 18.6 Å². The second kappa shape index (κ2) is 7.88. The van der Waals surface area contributed by atoms with Gasteiger partial charge in [-0.2, -0.15) is 0 Å². The average Bonchev–Trinajstić information content (AvgIpc) is 3.16. The van der Waals surface area contributed by atoms with Crippen LogP contribution < -0.4 is 14.8 Å². The topological polar surface area (TPSA) is 60.0 Å². The van der Waals surface area contributed by atoms with Gasteiger partial charge in [-0.1, -0.05) is 28.1 Å². The highest BCUT2D eigenvalue weighted by Crippen LogP contribution is 2.34. The number of nitrogens with zero attached hydrogens (tertiary/aromatic N) is 1. The molecule has 4 rings (SSSR count). The Hall–Kier alpha value is -2.09. The number of ether oxygens (including phenoxy) is 3. The van der Waals surface area contributed by atoms with Gasteiger partial charge in [0.25, 0.3) is 0 Å². The number of amides is 1. The predicted molar refractivity (Wildman–Crippen MR) is 105 cm³/mol. The molecular formula is C20H21BrN2O4. The molecule has 6 nitrogen and oxygen atoms in total. The number of hydrogen-bond donors (Lipinski definition) is 1. The number of nitrogens with one attached hydrogen (secondary N) is 1. The summed E-state index contributed by atoms with van der Waals surface area (Å²) in [6.07, 6.45) is -0.0346. The zero-order valence-electron chi connectivity index (χ0n) is 15.0. The summed E-state index contributed by atoms with van der Waals surface area (Å²) in [5.41, 5.74) is 1.82. The lowest BCUT2D eigenvalue weighted by Crippen LogP contribution is -2.48. The van der Waals surface area contributed by atoms with E-state index in [0.717, 1.165) is 16.6 Å². The van der Waals surface area contributed by atoms with Crippen LogP contribution in [0, 0.1) is 0 Å². The van der Waals surface area contributed by atoms with Crippen LogP contribution in [-0.2, 0) is 9.53 Å². The molecular weight excluding hydrogens is 412 g/mol. The standard InChI is InChI=1S/C20H21BrN2O4/c1-13(20(24)22-16-6-7-17-18(10-16)27-12-26-17)23-8-9-25-19(11-23)14-2-4-15(21)5-3-14/h2-7,10,13,19H,8-9,11-12H2,1H3,(H,22,24). The number of rotatable bonds is 4. The second-order valence-corrected chi connectivity index (χ2v) is 7.55. The maximum absolute atomic E-state index is 12.7. The molecule has 0 saturated carbocycles. The van der Waals surface area contributed by atoms with E-state index in [2.05, 4.69) is 38.3 Å². The number of hydrogen-bond acceptors (Lipinski definition) is 5. The summed E-state index contributed by atoms with van der Waals surface area (Å²) in [6, 6.07) is 13.3. The summed E-state index contributed by atoms with van der Waals surface area (Å²) in [5.74, 6) is 1.30. The van der Waals surface area contributed by atoms with Crippen molar-refractivity contribution in [1.82, 2.24) is 4.90 Å². The van der Waals surface area contributed by atoms with E-state index in [1.54, 1.807) is 12.1 Å². The molecule has 0 bridgehead atoms. The molecule has 1 fully saturated rings. The molecule has 2 unspecified atom stereocenters. The van der Waals surface area contributed by atoms with Gasteiger partial charge >= 0.3 is 0 Å². The fourth-order valence-corrected chi connectivity index (χ4v) is 3.55. The van der Waals surface area contributed by atoms with Crippen molar-refractivity contribution in [2.45, 2.75) is 19.1 Å². The molecule has 7 heteroatoms. The first-order valence-electron chi connectivity index (χ1n) is 8.92. The van der Waals surface area contributed by atoms with E-state index >= 15 is 0 Å². The molecule has 0 aliphatic carbocycles. The monoisotopic (exact) mass is 432 g/mol. The molecule has 1 saturated heterocycles. The van der Waals surface area contributed by atoms with Crippen molar-refractivity contribution in [3.8, 4) is 11.5 Å². The van der Waals surface area contributed by atoms with Crippen LogP contribution in [0.25, 0.3) is 0 Å². The molecule has 142 valence electrons. The molecule has 0 radical (unpaired) electrons. The summed E-state index contributed by atoms with van der Waals surface area (Å²) >= 11 is 3.45. The number of fused-ring (bicyclic) bond motifs is 1. The minimum atomic E-state index is -0.266. The number of halogens is 1. The number of carbonyl (C=O) groups is 1. The first kappa shape index (κ1) is 18.3. The summed E-state index contributed by atoms with van der Waals surface area (Å²) in [7, 11) is 0. The molecule has 0 spiro atoms. The lowest BCUT2D eigenvalue weighted by Gasteiger charge is -2.36. The number of morpholine rings is 1. The minimum Gasteiger partial charge on any atom is -0.454 e. The summed E-state index contributed by atoms with van der Waals surface area (Å²) < 4.78 is 17.6. The zero-order chi connectivity index (χ0) is 18.8. The Bertz CT molecular complexity index is 827. The highest BCUT2D eigenvalue weighted by molar-refractivity contribution is 9.10. The molecule has 1 N–H and O–H groups in total. The Balaban J connectivity index is 1.40. The Morgan fingerprint density at radius 1 is 1.19 bits per heavy atom. The van der Waals surface area contributed by atoms with Gasteiger partial charge in [0.1, 0.15) is 0 Å². The molecule has 2 aromatic rings. The molecule has 2 atom stereocenters. The molecule has 2 heterocycles. The average molecular weight is 433 g/mol. The lowest BCUT2D eigenvalue weighted by molar-refractivity contribution is -0.124. The van der Waals surface area contributed by atoms with Gasteiger partial charge in [0.05, 0.1) is 18.8 Å². The van der Waals surface area contributed by atoms with Crippen molar-refractivity contribution in [2.24, 2.45) is 0 Å². The first-order chi connectivity index (χ1) is 13.1. The van der Waals surface area contributed by atoms with Crippen molar-refractivity contribution < 1.29 is 19.0 Å². The third-order valence-electron chi connectivity index (χ3n) is 4.91. The van der Waals surface area contributed by atoms with Gasteiger partial charge in [0.15, 0.2) is 11.5 Å². The van der Waals surface area contributed by atoms with Crippen LogP contribution in [0.2, 0.25) is 0 Å². The van der Waals surface area contributed by atoms with Crippen LogP contribution in [0.5, 0.6) is 11.5 Å². The van der Waals surface area contributed by atoms with Crippen molar-refractivity contribution in [1.29, 1.82) is 0 Å². The Morgan fingerprint density at radius 2 is 1.96 bits per heavy atom. The Morgan fingerprint density at radius 3 is 2.78 bits per heavy atom. The van der Waals surface area contributed by atoms with Crippen LogP contribution >= 0.6 is 15.9 Å². The van der Waals surface area contributed by atoms with Crippen LogP contribution in [0.3, 0.4) is 0 Å². The van der Waals surface area contributed by atoms with E-state index in [9.17, 15) is 4.79 Å². The normalized spacial score (nSPS) is 20.3. The molecule has 2 aromatic carbocycles. The third-order valence-corrected chi connectivity index (χ3v) is 5.44. The number of anilines is 1. The van der Waals surface area contributed by atoms with Gasteiger partial charge in [-0.05, 0) is 36.8 Å². The van der Waals surface area contributed by atoms with Crippen molar-refractivity contribution in [2.75, 3.05) is 31.8 Å². The second-order valence-electron chi connectivity index (χ2n) is 6.64. The molecule has 27 heavy (non-hydrogen) atoms. The fourth-order valence-electron chi connectivity index (χ4n) is 3.29. The van der Waals surface area contributed by atoms with Gasteiger partial charge < -0.3 is 19.5 Å².